The van der Waals surface area contributed by atoms with Crippen molar-refractivity contribution in [1.82, 2.24) is 9.80 Å². The van der Waals surface area contributed by atoms with E-state index in [0.29, 0.717) is 12.1 Å². The molecule has 2 aromatic rings. The van der Waals surface area contributed by atoms with E-state index in [1.165, 1.54) is 12.1 Å². The van der Waals surface area contributed by atoms with E-state index in [4.69, 9.17) is 9.84 Å². The molecule has 2 aromatic carbocycles. The third-order valence-corrected chi connectivity index (χ3v) is 6.11. The first-order valence-corrected chi connectivity index (χ1v) is 10.4. The molecule has 0 amide bonds. The maximum atomic E-state index is 13.0. The molecule has 0 spiro atoms. The standard InChI is InChI=1S/C23H24F4N2O3/c24-22(25)23(26,27)14-32-20-7-3-16(4-8-20)11-29-13-18-9-19(29)12-28(18)10-15-1-5-17(6-2-15)21(30)31/h1-8,18-19,22H,9-14H2,(H,30,31)/t18-,19-/m0/s1. The first kappa shape index (κ1) is 22.5. The van der Waals surface area contributed by atoms with Crippen LogP contribution in [0.3, 0.4) is 0 Å². The SMILES string of the molecule is O=C(O)c1ccc(CN2C[C@@H]3C[C@H]2CN3Cc2ccc(OCC(F)(F)C(F)F)cc2)cc1. The number of ether oxygens (including phenoxy) is 1. The number of hydrogen-bond acceptors (Lipinski definition) is 4. The minimum Gasteiger partial charge on any atom is -0.487 e. The minimum atomic E-state index is -4.17. The van der Waals surface area contributed by atoms with Crippen molar-refractivity contribution in [2.24, 2.45) is 0 Å². The highest BCUT2D eigenvalue weighted by atomic mass is 19.3. The largest absolute Gasteiger partial charge is 0.487 e. The Labute approximate surface area is 183 Å². The third-order valence-electron chi connectivity index (χ3n) is 6.11. The zero-order chi connectivity index (χ0) is 22.9. The molecular formula is C23H24F4N2O3. The van der Waals surface area contributed by atoms with Crippen molar-refractivity contribution in [3.8, 4) is 5.75 Å². The third kappa shape index (κ3) is 5.05. The Morgan fingerprint density at radius 1 is 0.969 bits per heavy atom. The highest BCUT2D eigenvalue weighted by molar-refractivity contribution is 5.87. The molecule has 32 heavy (non-hydrogen) atoms. The van der Waals surface area contributed by atoms with Crippen LogP contribution in [-0.4, -0.2) is 65.0 Å². The number of benzene rings is 2. The van der Waals surface area contributed by atoms with Crippen molar-refractivity contribution in [1.29, 1.82) is 0 Å². The minimum absolute atomic E-state index is 0.136. The van der Waals surface area contributed by atoms with Gasteiger partial charge in [0.2, 0.25) is 0 Å². The fourth-order valence-electron chi connectivity index (χ4n) is 4.37. The summed E-state index contributed by atoms with van der Waals surface area (Å²) in [6.45, 7) is 1.99. The number of rotatable bonds is 9. The number of nitrogens with zero attached hydrogens (tertiary/aromatic N) is 2. The van der Waals surface area contributed by atoms with Gasteiger partial charge in [-0.3, -0.25) is 9.80 Å². The van der Waals surface area contributed by atoms with Crippen molar-refractivity contribution in [2.75, 3.05) is 19.7 Å². The summed E-state index contributed by atoms with van der Waals surface area (Å²) in [5.74, 6) is -4.97. The molecule has 0 radical (unpaired) electrons. The number of carboxylic acids is 1. The number of aromatic carboxylic acids is 1. The van der Waals surface area contributed by atoms with Gasteiger partial charge in [0.05, 0.1) is 5.56 Å². The van der Waals surface area contributed by atoms with E-state index in [0.717, 1.165) is 43.7 Å². The summed E-state index contributed by atoms with van der Waals surface area (Å²) in [5.41, 5.74) is 2.37. The van der Waals surface area contributed by atoms with Crippen LogP contribution in [0.2, 0.25) is 0 Å². The number of fused-ring (bicyclic) bond motifs is 2. The van der Waals surface area contributed by atoms with Crippen molar-refractivity contribution in [3.05, 3.63) is 65.2 Å². The molecule has 9 heteroatoms. The molecule has 2 fully saturated rings. The normalized spacial score (nSPS) is 21.4. The van der Waals surface area contributed by atoms with E-state index in [-0.39, 0.29) is 11.3 Å². The van der Waals surface area contributed by atoms with Crippen LogP contribution in [0, 0.1) is 0 Å². The Balaban J connectivity index is 1.26. The Kier molecular flexibility index (Phi) is 6.39. The summed E-state index contributed by atoms with van der Waals surface area (Å²) in [6.07, 6.45) is -2.69. The molecule has 5 nitrogen and oxygen atoms in total. The van der Waals surface area contributed by atoms with Crippen molar-refractivity contribution < 1.29 is 32.2 Å². The van der Waals surface area contributed by atoms with E-state index < -0.39 is 24.9 Å². The molecule has 4 rings (SSSR count). The van der Waals surface area contributed by atoms with Crippen molar-refractivity contribution >= 4 is 5.97 Å². The van der Waals surface area contributed by atoms with Gasteiger partial charge in [0.1, 0.15) is 5.75 Å². The summed E-state index contributed by atoms with van der Waals surface area (Å²) < 4.78 is 55.2. The van der Waals surface area contributed by atoms with Crippen LogP contribution in [-0.2, 0) is 13.1 Å². The van der Waals surface area contributed by atoms with Gasteiger partial charge in [-0.1, -0.05) is 24.3 Å². The van der Waals surface area contributed by atoms with Gasteiger partial charge in [-0.15, -0.1) is 0 Å². The number of halogens is 4. The predicted molar refractivity (Wildman–Crippen MR) is 109 cm³/mol. The second kappa shape index (κ2) is 9.07. The maximum Gasteiger partial charge on any atom is 0.340 e. The topological polar surface area (TPSA) is 53.0 Å². The summed E-state index contributed by atoms with van der Waals surface area (Å²) >= 11 is 0. The van der Waals surface area contributed by atoms with Gasteiger partial charge in [0, 0.05) is 38.3 Å². The lowest BCUT2D eigenvalue weighted by Gasteiger charge is -2.34. The van der Waals surface area contributed by atoms with Crippen molar-refractivity contribution in [3.63, 3.8) is 0 Å². The summed E-state index contributed by atoms with van der Waals surface area (Å²) in [5, 5.41) is 9.01. The second-order valence-corrected chi connectivity index (χ2v) is 8.40. The Morgan fingerprint density at radius 3 is 1.91 bits per heavy atom. The van der Waals surface area contributed by atoms with E-state index in [1.807, 2.05) is 12.1 Å². The molecule has 2 heterocycles. The Bertz CT molecular complexity index is 937. The fourth-order valence-corrected chi connectivity index (χ4v) is 4.37. The van der Waals surface area contributed by atoms with Crippen LogP contribution < -0.4 is 4.74 Å². The number of piperazine rings is 1. The average molecular weight is 452 g/mol. The molecule has 0 saturated carbocycles. The average Bonchev–Trinajstić information content (AvgIpc) is 3.33. The molecule has 0 aromatic heterocycles. The lowest BCUT2D eigenvalue weighted by Crippen LogP contribution is -2.45. The Hall–Kier alpha value is -2.65. The molecule has 2 aliphatic heterocycles. The second-order valence-electron chi connectivity index (χ2n) is 8.40. The van der Waals surface area contributed by atoms with Crippen LogP contribution in [0.1, 0.15) is 27.9 Å². The highest BCUT2D eigenvalue weighted by Crippen LogP contribution is 2.33. The first-order chi connectivity index (χ1) is 15.2. The van der Waals surface area contributed by atoms with Crippen LogP contribution >= 0.6 is 0 Å². The summed E-state index contributed by atoms with van der Waals surface area (Å²) in [7, 11) is 0. The van der Waals surface area contributed by atoms with E-state index >= 15 is 0 Å². The van der Waals surface area contributed by atoms with Gasteiger partial charge in [-0.25, -0.2) is 13.6 Å². The zero-order valence-electron chi connectivity index (χ0n) is 17.3. The zero-order valence-corrected chi connectivity index (χ0v) is 17.3. The van der Waals surface area contributed by atoms with E-state index in [1.54, 1.807) is 24.3 Å². The molecule has 2 aliphatic rings. The molecule has 1 N–H and O–H groups in total. The molecule has 0 unspecified atom stereocenters. The van der Waals surface area contributed by atoms with Gasteiger partial charge >= 0.3 is 18.3 Å². The van der Waals surface area contributed by atoms with Crippen LogP contribution in [0.25, 0.3) is 0 Å². The lowest BCUT2D eigenvalue weighted by molar-refractivity contribution is -0.148. The lowest BCUT2D eigenvalue weighted by atomic mass is 10.1. The Morgan fingerprint density at radius 2 is 1.47 bits per heavy atom. The van der Waals surface area contributed by atoms with Gasteiger partial charge in [-0.05, 0) is 41.8 Å². The number of hydrogen-bond donors (Lipinski definition) is 1. The van der Waals surface area contributed by atoms with E-state index in [9.17, 15) is 22.4 Å². The smallest absolute Gasteiger partial charge is 0.340 e. The fraction of sp³-hybridized carbons (Fsp3) is 0.435. The molecule has 2 saturated heterocycles. The van der Waals surface area contributed by atoms with Crippen molar-refractivity contribution in [2.45, 2.75) is 43.9 Å². The summed E-state index contributed by atoms with van der Waals surface area (Å²) in [6, 6.07) is 14.4. The predicted octanol–water partition coefficient (Wildman–Crippen LogP) is 4.12. The highest BCUT2D eigenvalue weighted by Gasteiger charge is 2.43. The van der Waals surface area contributed by atoms with Crippen LogP contribution in [0.15, 0.2) is 48.5 Å². The quantitative estimate of drug-likeness (QED) is 0.580. The molecule has 2 atom stereocenters. The monoisotopic (exact) mass is 452 g/mol. The molecule has 0 aliphatic carbocycles. The number of alkyl halides is 4. The first-order valence-electron chi connectivity index (χ1n) is 10.4. The summed E-state index contributed by atoms with van der Waals surface area (Å²) in [4.78, 5) is 15.8. The van der Waals surface area contributed by atoms with Gasteiger partial charge in [0.25, 0.3) is 0 Å². The number of carbonyl (C=O) groups is 1. The number of carboxylic acid groups (broad SMARTS) is 1. The van der Waals surface area contributed by atoms with Crippen LogP contribution in [0.5, 0.6) is 5.75 Å². The van der Waals surface area contributed by atoms with Gasteiger partial charge < -0.3 is 9.84 Å². The van der Waals surface area contributed by atoms with Gasteiger partial charge in [-0.2, -0.15) is 8.78 Å². The number of likely N-dealkylation sites (tertiary alicyclic amines) is 2. The van der Waals surface area contributed by atoms with E-state index in [2.05, 4.69) is 9.80 Å². The molecule has 172 valence electrons. The van der Waals surface area contributed by atoms with Gasteiger partial charge in [0.15, 0.2) is 6.61 Å². The van der Waals surface area contributed by atoms with Crippen LogP contribution in [0.4, 0.5) is 17.6 Å². The molecular weight excluding hydrogens is 428 g/mol. The molecule has 2 bridgehead atoms. The maximum absolute atomic E-state index is 13.0.